The van der Waals surface area contributed by atoms with Crippen molar-refractivity contribution in [3.8, 4) is 0 Å². The predicted molar refractivity (Wildman–Crippen MR) is 76.3 cm³/mol. The van der Waals surface area contributed by atoms with Crippen molar-refractivity contribution in [3.05, 3.63) is 35.1 Å². The maximum atomic E-state index is 13.3. The minimum atomic E-state index is -0.123. The molecule has 0 fully saturated rings. The second-order valence-electron chi connectivity index (χ2n) is 5.58. The Balaban J connectivity index is 2.71. The maximum Gasteiger partial charge on any atom is 0.123 e. The van der Waals surface area contributed by atoms with Crippen LogP contribution in [0, 0.1) is 24.6 Å². The van der Waals surface area contributed by atoms with Crippen molar-refractivity contribution in [1.29, 1.82) is 0 Å². The van der Waals surface area contributed by atoms with Crippen molar-refractivity contribution in [2.45, 2.75) is 40.5 Å². The van der Waals surface area contributed by atoms with E-state index in [4.69, 9.17) is 0 Å². The standard InChI is InChI=1S/C16H26FN/c1-5-18-11-14(8-12(2)3)9-15-10-16(17)7-6-13(15)4/h6-7,10,12,14,18H,5,8-9,11H2,1-4H3. The van der Waals surface area contributed by atoms with E-state index in [1.54, 1.807) is 12.1 Å². The Hall–Kier alpha value is -0.890. The number of benzene rings is 1. The highest BCUT2D eigenvalue weighted by Gasteiger charge is 2.13. The smallest absolute Gasteiger partial charge is 0.123 e. The number of hydrogen-bond donors (Lipinski definition) is 1. The normalized spacial score (nSPS) is 13.0. The third kappa shape index (κ3) is 5.18. The van der Waals surface area contributed by atoms with Crippen LogP contribution in [0.5, 0.6) is 0 Å². The van der Waals surface area contributed by atoms with E-state index in [9.17, 15) is 4.39 Å². The van der Waals surface area contributed by atoms with Crippen LogP contribution in [0.4, 0.5) is 4.39 Å². The Labute approximate surface area is 111 Å². The molecule has 0 saturated heterocycles. The molecular weight excluding hydrogens is 225 g/mol. The van der Waals surface area contributed by atoms with Gasteiger partial charge in [-0.25, -0.2) is 4.39 Å². The maximum absolute atomic E-state index is 13.3. The van der Waals surface area contributed by atoms with Gasteiger partial charge in [0.1, 0.15) is 5.82 Å². The van der Waals surface area contributed by atoms with E-state index in [0.717, 1.165) is 25.1 Å². The summed E-state index contributed by atoms with van der Waals surface area (Å²) in [5.74, 6) is 1.15. The summed E-state index contributed by atoms with van der Waals surface area (Å²) in [5.41, 5.74) is 2.35. The minimum absolute atomic E-state index is 0.123. The van der Waals surface area contributed by atoms with Crippen LogP contribution >= 0.6 is 0 Å². The summed E-state index contributed by atoms with van der Waals surface area (Å²) in [6, 6.07) is 5.11. The van der Waals surface area contributed by atoms with E-state index in [0.29, 0.717) is 11.8 Å². The van der Waals surface area contributed by atoms with Crippen molar-refractivity contribution in [2.24, 2.45) is 11.8 Å². The average molecular weight is 251 g/mol. The van der Waals surface area contributed by atoms with Crippen LogP contribution < -0.4 is 5.32 Å². The van der Waals surface area contributed by atoms with Gasteiger partial charge in [-0.3, -0.25) is 0 Å². The summed E-state index contributed by atoms with van der Waals surface area (Å²) in [7, 11) is 0. The molecule has 0 aliphatic carbocycles. The van der Waals surface area contributed by atoms with Gasteiger partial charge in [0, 0.05) is 0 Å². The van der Waals surface area contributed by atoms with Crippen molar-refractivity contribution in [2.75, 3.05) is 13.1 Å². The fourth-order valence-corrected chi connectivity index (χ4v) is 2.42. The Morgan fingerprint density at radius 1 is 1.28 bits per heavy atom. The lowest BCUT2D eigenvalue weighted by Crippen LogP contribution is -2.25. The zero-order valence-corrected chi connectivity index (χ0v) is 12.1. The monoisotopic (exact) mass is 251 g/mol. The van der Waals surface area contributed by atoms with E-state index >= 15 is 0 Å². The molecular formula is C16H26FN. The lowest BCUT2D eigenvalue weighted by atomic mass is 9.89. The molecule has 1 aromatic rings. The van der Waals surface area contributed by atoms with Crippen LogP contribution in [0.1, 0.15) is 38.3 Å². The first-order chi connectivity index (χ1) is 8.52. The van der Waals surface area contributed by atoms with Crippen LogP contribution in [0.3, 0.4) is 0 Å². The summed E-state index contributed by atoms with van der Waals surface area (Å²) >= 11 is 0. The molecule has 0 saturated carbocycles. The highest BCUT2D eigenvalue weighted by atomic mass is 19.1. The predicted octanol–water partition coefficient (Wildman–Crippen LogP) is 3.95. The zero-order valence-electron chi connectivity index (χ0n) is 12.1. The Morgan fingerprint density at radius 2 is 2.00 bits per heavy atom. The molecule has 102 valence electrons. The first-order valence-electron chi connectivity index (χ1n) is 6.98. The minimum Gasteiger partial charge on any atom is -0.317 e. The van der Waals surface area contributed by atoms with E-state index < -0.39 is 0 Å². The molecule has 0 bridgehead atoms. The zero-order chi connectivity index (χ0) is 13.5. The molecule has 0 aliphatic rings. The molecule has 0 aromatic heterocycles. The molecule has 1 N–H and O–H groups in total. The van der Waals surface area contributed by atoms with Crippen LogP contribution in [-0.2, 0) is 6.42 Å². The number of hydrogen-bond acceptors (Lipinski definition) is 1. The van der Waals surface area contributed by atoms with Gasteiger partial charge in [-0.05, 0) is 68.0 Å². The summed E-state index contributed by atoms with van der Waals surface area (Å²) in [5, 5.41) is 3.41. The van der Waals surface area contributed by atoms with Gasteiger partial charge in [-0.15, -0.1) is 0 Å². The van der Waals surface area contributed by atoms with Gasteiger partial charge in [0.2, 0.25) is 0 Å². The fraction of sp³-hybridized carbons (Fsp3) is 0.625. The largest absolute Gasteiger partial charge is 0.317 e. The number of aryl methyl sites for hydroxylation is 1. The van der Waals surface area contributed by atoms with E-state index in [1.165, 1.54) is 12.0 Å². The topological polar surface area (TPSA) is 12.0 Å². The van der Waals surface area contributed by atoms with Gasteiger partial charge >= 0.3 is 0 Å². The molecule has 1 aromatic carbocycles. The lowest BCUT2D eigenvalue weighted by molar-refractivity contribution is 0.387. The fourth-order valence-electron chi connectivity index (χ4n) is 2.42. The first-order valence-corrected chi connectivity index (χ1v) is 6.98. The Kier molecular flexibility index (Phi) is 6.34. The summed E-state index contributed by atoms with van der Waals surface area (Å²) in [6.07, 6.45) is 2.15. The van der Waals surface area contributed by atoms with Gasteiger partial charge in [0.25, 0.3) is 0 Å². The summed E-state index contributed by atoms with van der Waals surface area (Å²) < 4.78 is 13.3. The number of nitrogens with one attached hydrogen (secondary N) is 1. The Morgan fingerprint density at radius 3 is 2.61 bits per heavy atom. The average Bonchev–Trinajstić information content (AvgIpc) is 2.30. The first kappa shape index (κ1) is 15.2. The second-order valence-corrected chi connectivity index (χ2v) is 5.58. The second kappa shape index (κ2) is 7.52. The van der Waals surface area contributed by atoms with Crippen LogP contribution in [0.2, 0.25) is 0 Å². The SMILES string of the molecule is CCNCC(Cc1cc(F)ccc1C)CC(C)C. The highest BCUT2D eigenvalue weighted by Crippen LogP contribution is 2.20. The molecule has 0 amide bonds. The molecule has 18 heavy (non-hydrogen) atoms. The number of rotatable bonds is 7. The molecule has 1 unspecified atom stereocenters. The van der Waals surface area contributed by atoms with Crippen molar-refractivity contribution >= 4 is 0 Å². The third-order valence-electron chi connectivity index (χ3n) is 3.31. The Bertz CT molecular complexity index is 360. The van der Waals surface area contributed by atoms with Gasteiger partial charge in [0.15, 0.2) is 0 Å². The van der Waals surface area contributed by atoms with Crippen LogP contribution in [-0.4, -0.2) is 13.1 Å². The van der Waals surface area contributed by atoms with Gasteiger partial charge in [0.05, 0.1) is 0 Å². The summed E-state index contributed by atoms with van der Waals surface area (Å²) in [6.45, 7) is 10.7. The van der Waals surface area contributed by atoms with Crippen LogP contribution in [0.15, 0.2) is 18.2 Å². The molecule has 0 heterocycles. The molecule has 2 heteroatoms. The molecule has 0 aliphatic heterocycles. The van der Waals surface area contributed by atoms with E-state index in [-0.39, 0.29) is 5.82 Å². The molecule has 0 spiro atoms. The van der Waals surface area contributed by atoms with Gasteiger partial charge < -0.3 is 5.32 Å². The van der Waals surface area contributed by atoms with Crippen molar-refractivity contribution < 1.29 is 4.39 Å². The van der Waals surface area contributed by atoms with Gasteiger partial charge in [-0.2, -0.15) is 0 Å². The quantitative estimate of drug-likeness (QED) is 0.773. The molecule has 1 rings (SSSR count). The lowest BCUT2D eigenvalue weighted by Gasteiger charge is -2.20. The van der Waals surface area contributed by atoms with E-state index in [1.807, 2.05) is 6.07 Å². The van der Waals surface area contributed by atoms with Crippen molar-refractivity contribution in [3.63, 3.8) is 0 Å². The van der Waals surface area contributed by atoms with Crippen molar-refractivity contribution in [1.82, 2.24) is 5.32 Å². The molecule has 0 radical (unpaired) electrons. The number of halogens is 1. The summed E-state index contributed by atoms with van der Waals surface area (Å²) in [4.78, 5) is 0. The van der Waals surface area contributed by atoms with Crippen LogP contribution in [0.25, 0.3) is 0 Å². The van der Waals surface area contributed by atoms with Gasteiger partial charge in [-0.1, -0.05) is 26.8 Å². The molecule has 1 atom stereocenters. The molecule has 1 nitrogen and oxygen atoms in total. The third-order valence-corrected chi connectivity index (χ3v) is 3.31. The highest BCUT2D eigenvalue weighted by molar-refractivity contribution is 5.27. The van der Waals surface area contributed by atoms with E-state index in [2.05, 4.69) is 33.0 Å².